The second kappa shape index (κ2) is 12.9. The fourth-order valence-corrected chi connectivity index (χ4v) is 1.11. The first-order chi connectivity index (χ1) is 7.77. The van der Waals surface area contributed by atoms with Crippen LogP contribution in [0.25, 0.3) is 0 Å². The van der Waals surface area contributed by atoms with Crippen molar-refractivity contribution in [3.63, 3.8) is 0 Å². The van der Waals surface area contributed by atoms with Crippen molar-refractivity contribution >= 4 is 0 Å². The Balaban J connectivity index is 2.88. The number of rotatable bonds is 12. The lowest BCUT2D eigenvalue weighted by molar-refractivity contribution is 0.0295. The van der Waals surface area contributed by atoms with Gasteiger partial charge in [-0.25, -0.2) is 0 Å². The average Bonchev–Trinajstić information content (AvgIpc) is 2.25. The average molecular weight is 234 g/mol. The van der Waals surface area contributed by atoms with Crippen molar-refractivity contribution in [2.75, 3.05) is 46.2 Å². The largest absolute Gasteiger partial charge is 0.394 e. The van der Waals surface area contributed by atoms with E-state index < -0.39 is 0 Å². The van der Waals surface area contributed by atoms with E-state index in [0.29, 0.717) is 25.7 Å². The van der Waals surface area contributed by atoms with Gasteiger partial charge in [-0.15, -0.1) is 0 Å². The van der Waals surface area contributed by atoms with Crippen LogP contribution >= 0.6 is 0 Å². The van der Waals surface area contributed by atoms with E-state index in [1.807, 2.05) is 0 Å². The maximum atomic E-state index is 8.45. The molecule has 98 valence electrons. The zero-order valence-electron chi connectivity index (χ0n) is 10.6. The van der Waals surface area contributed by atoms with Gasteiger partial charge in [-0.2, -0.15) is 0 Å². The molecule has 0 aromatic carbocycles. The third kappa shape index (κ3) is 13.8. The van der Waals surface area contributed by atoms with Crippen molar-refractivity contribution in [1.82, 2.24) is 0 Å². The van der Waals surface area contributed by atoms with E-state index >= 15 is 0 Å². The molecule has 0 aliphatic carbocycles. The molecule has 0 fully saturated rings. The summed E-state index contributed by atoms with van der Waals surface area (Å²) in [5.74, 6) is 0.611. The topological polar surface area (TPSA) is 47.9 Å². The SMILES string of the molecule is CC(C)COCCCCOCCOCCO. The molecule has 0 atom stereocenters. The lowest BCUT2D eigenvalue weighted by Crippen LogP contribution is -2.08. The Morgan fingerprint density at radius 1 is 0.812 bits per heavy atom. The lowest BCUT2D eigenvalue weighted by Gasteiger charge is -2.07. The molecule has 4 nitrogen and oxygen atoms in total. The van der Waals surface area contributed by atoms with E-state index in [1.165, 1.54) is 0 Å². The number of hydrogen-bond acceptors (Lipinski definition) is 4. The Kier molecular flexibility index (Phi) is 12.8. The number of ether oxygens (including phenoxy) is 3. The molecule has 0 aliphatic heterocycles. The zero-order chi connectivity index (χ0) is 12.1. The molecule has 0 aliphatic rings. The van der Waals surface area contributed by atoms with Crippen LogP contribution in [0.4, 0.5) is 0 Å². The van der Waals surface area contributed by atoms with Crippen molar-refractivity contribution in [3.8, 4) is 0 Å². The summed E-state index contributed by atoms with van der Waals surface area (Å²) in [5, 5.41) is 8.45. The van der Waals surface area contributed by atoms with Gasteiger partial charge < -0.3 is 19.3 Å². The molecule has 0 bridgehead atoms. The third-order valence-corrected chi connectivity index (χ3v) is 1.89. The molecule has 0 radical (unpaired) electrons. The van der Waals surface area contributed by atoms with E-state index in [9.17, 15) is 0 Å². The minimum Gasteiger partial charge on any atom is -0.394 e. The lowest BCUT2D eigenvalue weighted by atomic mass is 10.2. The van der Waals surface area contributed by atoms with Crippen LogP contribution in [0.2, 0.25) is 0 Å². The molecule has 0 saturated carbocycles. The summed E-state index contributed by atoms with van der Waals surface area (Å²) in [6.45, 7) is 8.35. The Morgan fingerprint density at radius 2 is 1.38 bits per heavy atom. The predicted octanol–water partition coefficient (Wildman–Crippen LogP) is 1.46. The Hall–Kier alpha value is -0.160. The maximum absolute atomic E-state index is 8.45. The number of aliphatic hydroxyl groups is 1. The van der Waals surface area contributed by atoms with Crippen molar-refractivity contribution in [2.45, 2.75) is 26.7 Å². The molecule has 0 heterocycles. The summed E-state index contributed by atoms with van der Waals surface area (Å²) >= 11 is 0. The Labute approximate surface area is 98.9 Å². The van der Waals surface area contributed by atoms with Gasteiger partial charge in [-0.3, -0.25) is 0 Å². The van der Waals surface area contributed by atoms with E-state index in [2.05, 4.69) is 13.8 Å². The van der Waals surface area contributed by atoms with Crippen LogP contribution in [0.5, 0.6) is 0 Å². The standard InChI is InChI=1S/C12H26O4/c1-12(2)11-16-7-4-3-6-14-9-10-15-8-5-13/h12-13H,3-11H2,1-2H3. The maximum Gasteiger partial charge on any atom is 0.0701 e. The molecule has 0 aromatic heterocycles. The summed E-state index contributed by atoms with van der Waals surface area (Å²) in [6, 6.07) is 0. The van der Waals surface area contributed by atoms with Gasteiger partial charge in [-0.05, 0) is 18.8 Å². The first-order valence-electron chi connectivity index (χ1n) is 6.11. The van der Waals surface area contributed by atoms with Gasteiger partial charge in [0.2, 0.25) is 0 Å². The van der Waals surface area contributed by atoms with E-state index in [0.717, 1.165) is 32.7 Å². The van der Waals surface area contributed by atoms with Crippen molar-refractivity contribution in [3.05, 3.63) is 0 Å². The van der Waals surface area contributed by atoms with E-state index in [-0.39, 0.29) is 6.61 Å². The van der Waals surface area contributed by atoms with E-state index in [1.54, 1.807) is 0 Å². The molecule has 0 amide bonds. The molecule has 0 saturated heterocycles. The normalized spacial score (nSPS) is 11.2. The highest BCUT2D eigenvalue weighted by Crippen LogP contribution is 1.96. The molecule has 1 N–H and O–H groups in total. The van der Waals surface area contributed by atoms with Crippen molar-refractivity contribution in [1.29, 1.82) is 0 Å². The summed E-state index contributed by atoms with van der Waals surface area (Å²) < 4.78 is 15.8. The third-order valence-electron chi connectivity index (χ3n) is 1.89. The first kappa shape index (κ1) is 15.8. The van der Waals surface area contributed by atoms with Crippen molar-refractivity contribution < 1.29 is 19.3 Å². The summed E-state index contributed by atoms with van der Waals surface area (Å²) in [4.78, 5) is 0. The fraction of sp³-hybridized carbons (Fsp3) is 1.00. The minimum atomic E-state index is 0.0766. The Bertz CT molecular complexity index is 128. The zero-order valence-corrected chi connectivity index (χ0v) is 10.6. The number of unbranched alkanes of at least 4 members (excludes halogenated alkanes) is 1. The second-order valence-corrected chi connectivity index (χ2v) is 4.12. The summed E-state index contributed by atoms with van der Waals surface area (Å²) in [5.41, 5.74) is 0. The van der Waals surface area contributed by atoms with Gasteiger partial charge in [0, 0.05) is 19.8 Å². The van der Waals surface area contributed by atoms with Crippen molar-refractivity contribution in [2.24, 2.45) is 5.92 Å². The number of hydrogen-bond donors (Lipinski definition) is 1. The molecule has 0 spiro atoms. The number of aliphatic hydroxyl groups excluding tert-OH is 1. The molecular weight excluding hydrogens is 208 g/mol. The van der Waals surface area contributed by atoms with Gasteiger partial charge >= 0.3 is 0 Å². The molecular formula is C12H26O4. The first-order valence-corrected chi connectivity index (χ1v) is 6.11. The van der Waals surface area contributed by atoms with Crippen LogP contribution in [-0.4, -0.2) is 51.4 Å². The molecule has 0 aromatic rings. The smallest absolute Gasteiger partial charge is 0.0701 e. The second-order valence-electron chi connectivity index (χ2n) is 4.12. The van der Waals surface area contributed by atoms with Gasteiger partial charge in [0.25, 0.3) is 0 Å². The van der Waals surface area contributed by atoms with Gasteiger partial charge in [0.1, 0.15) is 0 Å². The summed E-state index contributed by atoms with van der Waals surface area (Å²) in [6.07, 6.45) is 2.07. The highest BCUT2D eigenvalue weighted by molar-refractivity contribution is 4.42. The highest BCUT2D eigenvalue weighted by Gasteiger charge is 1.94. The van der Waals surface area contributed by atoms with Crippen LogP contribution in [0, 0.1) is 5.92 Å². The monoisotopic (exact) mass is 234 g/mol. The highest BCUT2D eigenvalue weighted by atomic mass is 16.5. The molecule has 4 heteroatoms. The predicted molar refractivity (Wildman–Crippen MR) is 63.6 cm³/mol. The van der Waals surface area contributed by atoms with Crippen LogP contribution < -0.4 is 0 Å². The van der Waals surface area contributed by atoms with Crippen LogP contribution in [-0.2, 0) is 14.2 Å². The minimum absolute atomic E-state index is 0.0766. The van der Waals surface area contributed by atoms with Crippen LogP contribution in [0.15, 0.2) is 0 Å². The van der Waals surface area contributed by atoms with Gasteiger partial charge in [-0.1, -0.05) is 13.8 Å². The van der Waals surface area contributed by atoms with E-state index in [4.69, 9.17) is 19.3 Å². The van der Waals surface area contributed by atoms with Crippen LogP contribution in [0.3, 0.4) is 0 Å². The fourth-order valence-electron chi connectivity index (χ4n) is 1.11. The Morgan fingerprint density at radius 3 is 1.94 bits per heavy atom. The van der Waals surface area contributed by atoms with Gasteiger partial charge in [0.15, 0.2) is 0 Å². The molecule has 0 unspecified atom stereocenters. The van der Waals surface area contributed by atoms with Gasteiger partial charge in [0.05, 0.1) is 26.4 Å². The van der Waals surface area contributed by atoms with Crippen LogP contribution in [0.1, 0.15) is 26.7 Å². The quantitative estimate of drug-likeness (QED) is 0.519. The molecule has 16 heavy (non-hydrogen) atoms. The molecule has 0 rings (SSSR count). The summed E-state index contributed by atoms with van der Waals surface area (Å²) in [7, 11) is 0.